The molecule has 104 valence electrons. The molecule has 0 unspecified atom stereocenters. The molecule has 20 heavy (non-hydrogen) atoms. The highest BCUT2D eigenvalue weighted by molar-refractivity contribution is 9.10. The Bertz CT molecular complexity index is 606. The molecule has 0 radical (unpaired) electrons. The zero-order valence-electron chi connectivity index (χ0n) is 11.0. The van der Waals surface area contributed by atoms with Crippen LogP contribution in [0.1, 0.15) is 22.8 Å². The van der Waals surface area contributed by atoms with E-state index in [9.17, 15) is 4.79 Å². The number of hydrogen-bond donors (Lipinski definition) is 0. The molecule has 0 bridgehead atoms. The summed E-state index contributed by atoms with van der Waals surface area (Å²) in [5.74, 6) is 0.849. The summed E-state index contributed by atoms with van der Waals surface area (Å²) in [5.41, 5.74) is 1.68. The van der Waals surface area contributed by atoms with Gasteiger partial charge in [-0.1, -0.05) is 28.1 Å². The van der Waals surface area contributed by atoms with Crippen molar-refractivity contribution in [1.82, 2.24) is 0 Å². The van der Waals surface area contributed by atoms with E-state index in [1.165, 1.54) is 0 Å². The normalized spacial score (nSPS) is 10.3. The average molecular weight is 398 g/mol. The van der Waals surface area contributed by atoms with Crippen molar-refractivity contribution in [3.8, 4) is 5.75 Å². The van der Waals surface area contributed by atoms with E-state index in [0.29, 0.717) is 18.6 Å². The van der Waals surface area contributed by atoms with Gasteiger partial charge in [-0.3, -0.25) is 4.79 Å². The summed E-state index contributed by atoms with van der Waals surface area (Å²) in [6.45, 7) is 2.54. The van der Waals surface area contributed by atoms with Crippen molar-refractivity contribution >= 4 is 37.6 Å². The van der Waals surface area contributed by atoms with Gasteiger partial charge in [0.15, 0.2) is 5.78 Å². The smallest absolute Gasteiger partial charge is 0.168 e. The molecular weight excluding hydrogens is 384 g/mol. The molecule has 2 aromatic carbocycles. The third-order valence-electron chi connectivity index (χ3n) is 2.83. The molecule has 0 N–H and O–H groups in total. The van der Waals surface area contributed by atoms with E-state index in [0.717, 1.165) is 20.3 Å². The Hall–Kier alpha value is -1.13. The summed E-state index contributed by atoms with van der Waals surface area (Å²) >= 11 is 6.82. The Balaban J connectivity index is 2.14. The Morgan fingerprint density at radius 3 is 2.40 bits per heavy atom. The van der Waals surface area contributed by atoms with Crippen LogP contribution in [0.15, 0.2) is 51.4 Å². The number of carbonyl (C=O) groups excluding carboxylic acids is 1. The van der Waals surface area contributed by atoms with Crippen LogP contribution < -0.4 is 4.74 Å². The van der Waals surface area contributed by atoms with Gasteiger partial charge < -0.3 is 4.74 Å². The summed E-state index contributed by atoms with van der Waals surface area (Å²) in [6, 6.07) is 13.2. The van der Waals surface area contributed by atoms with E-state index < -0.39 is 0 Å². The van der Waals surface area contributed by atoms with E-state index >= 15 is 0 Å². The first-order valence-electron chi connectivity index (χ1n) is 6.30. The minimum atomic E-state index is 0.0854. The van der Waals surface area contributed by atoms with Crippen LogP contribution in [0.3, 0.4) is 0 Å². The molecule has 4 heteroatoms. The molecule has 0 heterocycles. The van der Waals surface area contributed by atoms with Gasteiger partial charge in [-0.25, -0.2) is 0 Å². The number of ether oxygens (including phenoxy) is 1. The number of ketones is 1. The number of rotatable bonds is 5. The Labute approximate surface area is 135 Å². The monoisotopic (exact) mass is 396 g/mol. The average Bonchev–Trinajstić information content (AvgIpc) is 2.42. The van der Waals surface area contributed by atoms with Gasteiger partial charge in [-0.05, 0) is 58.7 Å². The van der Waals surface area contributed by atoms with Crippen LogP contribution in [0.5, 0.6) is 5.75 Å². The third-order valence-corrected chi connectivity index (χ3v) is 4.01. The predicted octanol–water partition coefficient (Wildman–Crippen LogP) is 5.04. The maximum absolute atomic E-state index is 12.3. The lowest BCUT2D eigenvalue weighted by molar-refractivity contribution is 0.0992. The molecule has 0 aliphatic carbocycles. The Morgan fingerprint density at radius 2 is 1.80 bits per heavy atom. The van der Waals surface area contributed by atoms with Gasteiger partial charge in [-0.15, -0.1) is 0 Å². The largest absolute Gasteiger partial charge is 0.494 e. The second-order valence-electron chi connectivity index (χ2n) is 4.30. The van der Waals surface area contributed by atoms with Gasteiger partial charge in [0.2, 0.25) is 0 Å². The molecule has 2 rings (SSSR count). The van der Waals surface area contributed by atoms with Crippen molar-refractivity contribution in [2.75, 3.05) is 6.61 Å². The zero-order valence-corrected chi connectivity index (χ0v) is 14.2. The van der Waals surface area contributed by atoms with Crippen molar-refractivity contribution in [3.05, 3.63) is 62.5 Å². The van der Waals surface area contributed by atoms with E-state index in [4.69, 9.17) is 4.74 Å². The standard InChI is InChI=1S/C16H14Br2O2/c1-2-20-13-7-8-14(15(18)10-13)16(19)9-11-3-5-12(17)6-4-11/h3-8,10H,2,9H2,1H3. The number of carbonyl (C=O) groups is 1. The molecule has 0 atom stereocenters. The van der Waals surface area contributed by atoms with E-state index in [1.54, 1.807) is 6.07 Å². The van der Waals surface area contributed by atoms with Crippen molar-refractivity contribution in [2.45, 2.75) is 13.3 Å². The van der Waals surface area contributed by atoms with Gasteiger partial charge in [-0.2, -0.15) is 0 Å². The van der Waals surface area contributed by atoms with E-state index in [1.807, 2.05) is 43.3 Å². The summed E-state index contributed by atoms with van der Waals surface area (Å²) in [5, 5.41) is 0. The maximum Gasteiger partial charge on any atom is 0.168 e. The molecule has 0 aliphatic heterocycles. The SMILES string of the molecule is CCOc1ccc(C(=O)Cc2ccc(Br)cc2)c(Br)c1. The predicted molar refractivity (Wildman–Crippen MR) is 87.5 cm³/mol. The highest BCUT2D eigenvalue weighted by Gasteiger charge is 2.11. The van der Waals surface area contributed by atoms with Gasteiger partial charge in [0, 0.05) is 20.9 Å². The molecule has 0 aromatic heterocycles. The third kappa shape index (κ3) is 3.93. The van der Waals surface area contributed by atoms with Gasteiger partial charge >= 0.3 is 0 Å². The first-order chi connectivity index (χ1) is 9.60. The highest BCUT2D eigenvalue weighted by Crippen LogP contribution is 2.24. The Kier molecular flexibility index (Phi) is 5.38. The Morgan fingerprint density at radius 1 is 1.10 bits per heavy atom. The first kappa shape index (κ1) is 15.3. The number of benzene rings is 2. The topological polar surface area (TPSA) is 26.3 Å². The molecule has 0 fully saturated rings. The quantitative estimate of drug-likeness (QED) is 0.661. The minimum Gasteiger partial charge on any atom is -0.494 e. The molecule has 2 aromatic rings. The summed E-state index contributed by atoms with van der Waals surface area (Å²) < 4.78 is 7.19. The van der Waals surface area contributed by atoms with Crippen LogP contribution in [0, 0.1) is 0 Å². The fourth-order valence-corrected chi connectivity index (χ4v) is 2.70. The fourth-order valence-electron chi connectivity index (χ4n) is 1.86. The van der Waals surface area contributed by atoms with Crippen LogP contribution >= 0.6 is 31.9 Å². The van der Waals surface area contributed by atoms with E-state index in [2.05, 4.69) is 31.9 Å². The molecular formula is C16H14Br2O2. The summed E-state index contributed by atoms with van der Waals surface area (Å²) in [6.07, 6.45) is 0.389. The molecule has 0 spiro atoms. The fraction of sp³-hybridized carbons (Fsp3) is 0.188. The van der Waals surface area contributed by atoms with Crippen LogP contribution in [0.25, 0.3) is 0 Å². The number of hydrogen-bond acceptors (Lipinski definition) is 2. The first-order valence-corrected chi connectivity index (χ1v) is 7.88. The summed E-state index contributed by atoms with van der Waals surface area (Å²) in [4.78, 5) is 12.3. The zero-order chi connectivity index (χ0) is 14.5. The van der Waals surface area contributed by atoms with Crippen LogP contribution in [-0.4, -0.2) is 12.4 Å². The summed E-state index contributed by atoms with van der Waals surface area (Å²) in [7, 11) is 0. The van der Waals surface area contributed by atoms with Crippen molar-refractivity contribution in [2.24, 2.45) is 0 Å². The number of Topliss-reactive ketones (excluding diaryl/α,β-unsaturated/α-hetero) is 1. The highest BCUT2D eigenvalue weighted by atomic mass is 79.9. The van der Waals surface area contributed by atoms with Gasteiger partial charge in [0.25, 0.3) is 0 Å². The van der Waals surface area contributed by atoms with Crippen molar-refractivity contribution in [1.29, 1.82) is 0 Å². The molecule has 0 saturated heterocycles. The van der Waals surface area contributed by atoms with Crippen LogP contribution in [0.4, 0.5) is 0 Å². The number of halogens is 2. The molecule has 0 saturated carbocycles. The molecule has 2 nitrogen and oxygen atoms in total. The molecule has 0 aliphatic rings. The lowest BCUT2D eigenvalue weighted by atomic mass is 10.0. The lowest BCUT2D eigenvalue weighted by Gasteiger charge is -2.07. The van der Waals surface area contributed by atoms with Crippen molar-refractivity contribution < 1.29 is 9.53 Å². The lowest BCUT2D eigenvalue weighted by Crippen LogP contribution is -2.05. The minimum absolute atomic E-state index is 0.0854. The second kappa shape index (κ2) is 7.04. The second-order valence-corrected chi connectivity index (χ2v) is 6.07. The molecule has 0 amide bonds. The van der Waals surface area contributed by atoms with Crippen molar-refractivity contribution in [3.63, 3.8) is 0 Å². The van der Waals surface area contributed by atoms with Gasteiger partial charge in [0.05, 0.1) is 6.61 Å². The van der Waals surface area contributed by atoms with Crippen LogP contribution in [-0.2, 0) is 6.42 Å². The maximum atomic E-state index is 12.3. The van der Waals surface area contributed by atoms with Gasteiger partial charge in [0.1, 0.15) is 5.75 Å². The van der Waals surface area contributed by atoms with E-state index in [-0.39, 0.29) is 5.78 Å². The van der Waals surface area contributed by atoms with Crippen LogP contribution in [0.2, 0.25) is 0 Å².